The van der Waals surface area contributed by atoms with Crippen molar-refractivity contribution >= 4 is 50.4 Å². The van der Waals surface area contributed by atoms with Crippen molar-refractivity contribution in [2.45, 2.75) is 13.0 Å². The molecule has 3 aromatic rings. The minimum absolute atomic E-state index is 0.276. The number of nitrogens with zero attached hydrogens (tertiary/aromatic N) is 2. The van der Waals surface area contributed by atoms with E-state index in [9.17, 15) is 14.4 Å². The molecule has 0 saturated carbocycles. The number of rotatable bonds is 2. The summed E-state index contributed by atoms with van der Waals surface area (Å²) in [6.07, 6.45) is 0. The molecule has 0 aliphatic carbocycles. The topological polar surface area (TPSA) is 89.8 Å². The van der Waals surface area contributed by atoms with Crippen LogP contribution in [0.4, 0.5) is 5.69 Å². The van der Waals surface area contributed by atoms with E-state index in [1.54, 1.807) is 19.1 Å². The molecule has 0 radical (unpaired) electrons. The first-order chi connectivity index (χ1) is 15.4. The number of halogens is 1. The van der Waals surface area contributed by atoms with Crippen LogP contribution in [0.25, 0.3) is 5.57 Å². The SMILES string of the molecule is COC(=O)C1=C(C)N=c2s/c(=C3\C(=O)Nc4ccc(Br)cc43)c(=O)n2[C@H]1c1ccccc1. The zero-order valence-electron chi connectivity index (χ0n) is 17.0. The molecule has 32 heavy (non-hydrogen) atoms. The van der Waals surface area contributed by atoms with E-state index in [1.165, 1.54) is 11.7 Å². The molecule has 1 N–H and O–H groups in total. The number of methoxy groups -OCH3 is 1. The maximum atomic E-state index is 13.7. The molecule has 0 saturated heterocycles. The number of amides is 1. The van der Waals surface area contributed by atoms with Crippen LogP contribution in [0, 0.1) is 0 Å². The van der Waals surface area contributed by atoms with Gasteiger partial charge >= 0.3 is 5.97 Å². The molecule has 1 atom stereocenters. The minimum atomic E-state index is -0.708. The normalized spacial score (nSPS) is 18.6. The second kappa shape index (κ2) is 7.68. The van der Waals surface area contributed by atoms with Crippen molar-refractivity contribution in [1.82, 2.24) is 4.57 Å². The van der Waals surface area contributed by atoms with E-state index in [4.69, 9.17) is 4.74 Å². The highest BCUT2D eigenvalue weighted by atomic mass is 79.9. The first-order valence-corrected chi connectivity index (χ1v) is 11.3. The van der Waals surface area contributed by atoms with Crippen LogP contribution < -0.4 is 20.2 Å². The average Bonchev–Trinajstić information content (AvgIpc) is 3.27. The van der Waals surface area contributed by atoms with Crippen molar-refractivity contribution in [2.24, 2.45) is 4.99 Å². The van der Waals surface area contributed by atoms with Crippen LogP contribution in [-0.2, 0) is 14.3 Å². The van der Waals surface area contributed by atoms with Gasteiger partial charge in [-0.25, -0.2) is 9.79 Å². The van der Waals surface area contributed by atoms with Gasteiger partial charge in [0.1, 0.15) is 4.53 Å². The molecule has 0 fully saturated rings. The molecule has 1 amide bonds. The van der Waals surface area contributed by atoms with E-state index in [2.05, 4.69) is 26.2 Å². The van der Waals surface area contributed by atoms with Crippen LogP contribution >= 0.6 is 27.3 Å². The van der Waals surface area contributed by atoms with Crippen LogP contribution in [-0.4, -0.2) is 23.6 Å². The first-order valence-electron chi connectivity index (χ1n) is 9.70. The molecule has 160 valence electrons. The van der Waals surface area contributed by atoms with Gasteiger partial charge in [-0.1, -0.05) is 57.6 Å². The third-order valence-corrected chi connectivity index (χ3v) is 7.02. The van der Waals surface area contributed by atoms with Gasteiger partial charge in [0, 0.05) is 15.7 Å². The minimum Gasteiger partial charge on any atom is -0.466 e. The monoisotopic (exact) mass is 509 g/mol. The Kier molecular flexibility index (Phi) is 4.94. The number of ether oxygens (including phenoxy) is 1. The molecule has 1 aromatic heterocycles. The summed E-state index contributed by atoms with van der Waals surface area (Å²) in [6, 6.07) is 14.0. The molecule has 5 rings (SSSR count). The fourth-order valence-electron chi connectivity index (χ4n) is 4.06. The van der Waals surface area contributed by atoms with Crippen LogP contribution in [0.2, 0.25) is 0 Å². The van der Waals surface area contributed by atoms with Crippen molar-refractivity contribution in [1.29, 1.82) is 0 Å². The molecule has 2 aliphatic heterocycles. The van der Waals surface area contributed by atoms with Gasteiger partial charge in [-0.15, -0.1) is 0 Å². The number of nitrogens with one attached hydrogen (secondary N) is 1. The Balaban J connectivity index is 1.85. The summed E-state index contributed by atoms with van der Waals surface area (Å²) in [4.78, 5) is 44.2. The van der Waals surface area contributed by atoms with Gasteiger partial charge in [-0.2, -0.15) is 0 Å². The number of allylic oxidation sites excluding steroid dienone is 1. The Labute approximate surface area is 194 Å². The summed E-state index contributed by atoms with van der Waals surface area (Å²) in [5.74, 6) is -0.894. The lowest BCUT2D eigenvalue weighted by atomic mass is 9.96. The van der Waals surface area contributed by atoms with Crippen LogP contribution in [0.5, 0.6) is 0 Å². The number of anilines is 1. The van der Waals surface area contributed by atoms with E-state index in [0.717, 1.165) is 21.4 Å². The second-order valence-electron chi connectivity index (χ2n) is 7.32. The lowest BCUT2D eigenvalue weighted by Crippen LogP contribution is -2.40. The van der Waals surface area contributed by atoms with E-state index in [0.29, 0.717) is 32.9 Å². The number of carbonyl (C=O) groups excluding carboxylic acids is 2. The number of thiazole rings is 1. The van der Waals surface area contributed by atoms with Crippen molar-refractivity contribution in [3.63, 3.8) is 0 Å². The lowest BCUT2D eigenvalue weighted by molar-refractivity contribution is -0.136. The van der Waals surface area contributed by atoms with Gasteiger partial charge in [0.05, 0.1) is 30.0 Å². The number of benzene rings is 2. The zero-order valence-corrected chi connectivity index (χ0v) is 19.4. The maximum Gasteiger partial charge on any atom is 0.338 e. The van der Waals surface area contributed by atoms with Gasteiger partial charge < -0.3 is 10.1 Å². The van der Waals surface area contributed by atoms with Crippen molar-refractivity contribution < 1.29 is 14.3 Å². The fraction of sp³-hybridized carbons (Fsp3) is 0.130. The largest absolute Gasteiger partial charge is 0.466 e. The Morgan fingerprint density at radius 3 is 2.66 bits per heavy atom. The van der Waals surface area contributed by atoms with Gasteiger partial charge in [-0.05, 0) is 30.7 Å². The number of fused-ring (bicyclic) bond motifs is 2. The quantitative estimate of drug-likeness (QED) is 0.537. The standard InChI is InChI=1S/C23H16BrN3O4S/c1-11-16(22(30)31-2)18(12-6-4-3-5-7-12)27-21(29)19(32-23(27)25-11)17-14-10-13(24)8-9-15(14)26-20(17)28/h3-10,18H,1-2H3,(H,26,28)/b19-17-/t18-/m0/s1. The summed E-state index contributed by atoms with van der Waals surface area (Å²) in [7, 11) is 1.30. The molecule has 7 nitrogen and oxygen atoms in total. The van der Waals surface area contributed by atoms with Crippen molar-refractivity contribution in [2.75, 3.05) is 12.4 Å². The highest BCUT2D eigenvalue weighted by molar-refractivity contribution is 9.10. The Morgan fingerprint density at radius 2 is 1.94 bits per heavy atom. The molecule has 3 heterocycles. The predicted molar refractivity (Wildman–Crippen MR) is 124 cm³/mol. The van der Waals surface area contributed by atoms with Crippen LogP contribution in [0.15, 0.2) is 74.1 Å². The molecule has 9 heteroatoms. The summed E-state index contributed by atoms with van der Waals surface area (Å²) in [5.41, 5.74) is 2.73. The average molecular weight is 510 g/mol. The van der Waals surface area contributed by atoms with Gasteiger partial charge in [-0.3, -0.25) is 14.2 Å². The van der Waals surface area contributed by atoms with Gasteiger partial charge in [0.25, 0.3) is 11.5 Å². The van der Waals surface area contributed by atoms with Crippen molar-refractivity contribution in [3.05, 3.63) is 95.1 Å². The number of hydrogen-bond acceptors (Lipinski definition) is 6. The highest BCUT2D eigenvalue weighted by Gasteiger charge is 2.34. The summed E-state index contributed by atoms with van der Waals surface area (Å²) in [5, 5.41) is 2.82. The molecule has 0 bridgehead atoms. The Morgan fingerprint density at radius 1 is 1.19 bits per heavy atom. The fourth-order valence-corrected chi connectivity index (χ4v) is 5.56. The highest BCUT2D eigenvalue weighted by Crippen LogP contribution is 2.33. The first kappa shape index (κ1) is 20.6. The maximum absolute atomic E-state index is 13.7. The van der Waals surface area contributed by atoms with E-state index >= 15 is 0 Å². The van der Waals surface area contributed by atoms with E-state index in [1.807, 2.05) is 36.4 Å². The van der Waals surface area contributed by atoms with E-state index in [-0.39, 0.29) is 16.0 Å². The molecular weight excluding hydrogens is 494 g/mol. The third kappa shape index (κ3) is 3.08. The van der Waals surface area contributed by atoms with Gasteiger partial charge in [0.2, 0.25) is 0 Å². The van der Waals surface area contributed by atoms with Crippen LogP contribution in [0.1, 0.15) is 24.1 Å². The smallest absolute Gasteiger partial charge is 0.338 e. The summed E-state index contributed by atoms with van der Waals surface area (Å²) >= 11 is 4.57. The molecular formula is C23H16BrN3O4S. The predicted octanol–water partition coefficient (Wildman–Crippen LogP) is 2.49. The van der Waals surface area contributed by atoms with Crippen molar-refractivity contribution in [3.8, 4) is 0 Å². The number of hydrogen-bond donors (Lipinski definition) is 1. The molecule has 2 aliphatic rings. The third-order valence-electron chi connectivity index (χ3n) is 5.47. The number of esters is 1. The van der Waals surface area contributed by atoms with E-state index < -0.39 is 12.0 Å². The van der Waals surface area contributed by atoms with Crippen LogP contribution in [0.3, 0.4) is 0 Å². The Bertz CT molecular complexity index is 1520. The molecule has 0 spiro atoms. The zero-order chi connectivity index (χ0) is 22.6. The lowest BCUT2D eigenvalue weighted by Gasteiger charge is -2.24. The second-order valence-corrected chi connectivity index (χ2v) is 9.22. The summed E-state index contributed by atoms with van der Waals surface area (Å²) in [6.45, 7) is 1.72. The number of aromatic nitrogens is 1. The summed E-state index contributed by atoms with van der Waals surface area (Å²) < 4.78 is 7.56. The number of carbonyl (C=O) groups is 2. The Hall–Kier alpha value is -3.30. The molecule has 0 unspecified atom stereocenters. The van der Waals surface area contributed by atoms with Gasteiger partial charge in [0.15, 0.2) is 4.80 Å². The molecule has 2 aromatic carbocycles.